The van der Waals surface area contributed by atoms with E-state index in [0.29, 0.717) is 44.7 Å². The summed E-state index contributed by atoms with van der Waals surface area (Å²) in [4.78, 5) is 32.4. The number of aryl methyl sites for hydroxylation is 2. The summed E-state index contributed by atoms with van der Waals surface area (Å²) in [5.74, 6) is -0.316. The van der Waals surface area contributed by atoms with E-state index in [1.807, 2.05) is 13.0 Å². The molecule has 0 aromatic heterocycles. The maximum atomic E-state index is 13.7. The number of nitrogens with zero attached hydrogens (tertiary/aromatic N) is 4. The summed E-state index contributed by atoms with van der Waals surface area (Å²) in [5.41, 5.74) is 4.08. The molecule has 0 N–H and O–H groups in total. The van der Waals surface area contributed by atoms with E-state index in [2.05, 4.69) is 36.9 Å². The molecule has 8 nitrogen and oxygen atoms in total. The fourth-order valence-electron chi connectivity index (χ4n) is 4.75. The van der Waals surface area contributed by atoms with Crippen molar-refractivity contribution in [3.8, 4) is 0 Å². The Morgan fingerprint density at radius 1 is 1.00 bits per heavy atom. The number of hydrogen-bond acceptors (Lipinski definition) is 5. The molecule has 4 rings (SSSR count). The summed E-state index contributed by atoms with van der Waals surface area (Å²) in [6.07, 6.45) is 1.17. The normalized spacial score (nSPS) is 18.9. The number of carbonyl (C=O) groups is 2. The van der Waals surface area contributed by atoms with Crippen molar-refractivity contribution < 1.29 is 18.0 Å². The van der Waals surface area contributed by atoms with Crippen LogP contribution in [-0.2, 0) is 14.8 Å². The summed E-state index contributed by atoms with van der Waals surface area (Å²) in [5, 5.41) is 0. The number of piperazine rings is 1. The van der Waals surface area contributed by atoms with Gasteiger partial charge in [0.05, 0.1) is 12.3 Å². The number of urea groups is 1. The molecule has 0 aliphatic carbocycles. The first-order chi connectivity index (χ1) is 16.7. The van der Waals surface area contributed by atoms with Crippen LogP contribution >= 0.6 is 0 Å². The molecule has 2 aromatic rings. The van der Waals surface area contributed by atoms with Crippen LogP contribution in [0, 0.1) is 13.8 Å². The lowest BCUT2D eigenvalue weighted by Crippen LogP contribution is -2.55. The maximum absolute atomic E-state index is 13.7. The van der Waals surface area contributed by atoms with Gasteiger partial charge >= 0.3 is 6.03 Å². The minimum atomic E-state index is -3.80. The van der Waals surface area contributed by atoms with Gasteiger partial charge in [0.15, 0.2) is 0 Å². The van der Waals surface area contributed by atoms with Crippen molar-refractivity contribution in [3.63, 3.8) is 0 Å². The molecule has 2 saturated heterocycles. The number of unbranched alkanes of at least 4 members (excludes halogenated alkanes) is 1. The van der Waals surface area contributed by atoms with E-state index in [1.54, 1.807) is 29.2 Å². The van der Waals surface area contributed by atoms with Gasteiger partial charge in [0, 0.05) is 37.6 Å². The molecule has 0 saturated carbocycles. The molecule has 3 amide bonds. The number of benzene rings is 2. The summed E-state index contributed by atoms with van der Waals surface area (Å²) < 4.78 is 26.8. The molecule has 188 valence electrons. The van der Waals surface area contributed by atoms with Gasteiger partial charge < -0.3 is 9.80 Å². The Kier molecular flexibility index (Phi) is 7.35. The van der Waals surface area contributed by atoms with Gasteiger partial charge in [-0.05, 0) is 49.6 Å². The third-order valence-corrected chi connectivity index (χ3v) is 8.56. The second-order valence-electron chi connectivity index (χ2n) is 9.31. The van der Waals surface area contributed by atoms with Crippen molar-refractivity contribution in [1.29, 1.82) is 0 Å². The van der Waals surface area contributed by atoms with Gasteiger partial charge in [0.1, 0.15) is 6.04 Å². The fourth-order valence-corrected chi connectivity index (χ4v) is 6.31. The lowest BCUT2D eigenvalue weighted by Gasteiger charge is -2.38. The molecule has 2 aliphatic rings. The molecule has 35 heavy (non-hydrogen) atoms. The predicted octanol–water partition coefficient (Wildman–Crippen LogP) is 3.39. The molecule has 0 radical (unpaired) electrons. The van der Waals surface area contributed by atoms with E-state index < -0.39 is 22.1 Å². The van der Waals surface area contributed by atoms with E-state index in [-0.39, 0.29) is 18.2 Å². The van der Waals surface area contributed by atoms with E-state index >= 15 is 0 Å². The number of carbonyl (C=O) groups excluding carboxylic acids is 2. The van der Waals surface area contributed by atoms with Crippen molar-refractivity contribution in [3.05, 3.63) is 59.7 Å². The fraction of sp³-hybridized carbons (Fsp3) is 0.462. The van der Waals surface area contributed by atoms with Crippen LogP contribution in [0.2, 0.25) is 0 Å². The van der Waals surface area contributed by atoms with Crippen LogP contribution in [0.3, 0.4) is 0 Å². The molecular formula is C26H34N4O4S. The van der Waals surface area contributed by atoms with Crippen molar-refractivity contribution in [2.45, 2.75) is 39.7 Å². The number of sulfonamides is 1. The van der Waals surface area contributed by atoms with Crippen LogP contribution in [-0.4, -0.2) is 74.1 Å². The zero-order chi connectivity index (χ0) is 25.2. The molecule has 9 heteroatoms. The smallest absolute Gasteiger partial charge is 0.339 e. The molecule has 0 bridgehead atoms. The molecule has 1 unspecified atom stereocenters. The standard InChI is InChI=1S/C26H34N4O4S/c1-4-5-17-35(33,34)29-19-24(30(26(29)32)22-9-7-6-8-10-22)25(31)28-15-13-27(14-16-28)23-18-20(2)11-12-21(23)3/h6-12,18,24H,4-5,13-17,19H2,1-3H3. The molecular weight excluding hydrogens is 464 g/mol. The minimum absolute atomic E-state index is 0.104. The quantitative estimate of drug-likeness (QED) is 0.585. The molecule has 0 spiro atoms. The summed E-state index contributed by atoms with van der Waals surface area (Å²) >= 11 is 0. The van der Waals surface area contributed by atoms with Crippen LogP contribution in [0.25, 0.3) is 0 Å². The first-order valence-corrected chi connectivity index (χ1v) is 13.8. The van der Waals surface area contributed by atoms with Crippen LogP contribution < -0.4 is 9.80 Å². The Bertz CT molecular complexity index is 1180. The zero-order valence-electron chi connectivity index (χ0n) is 20.7. The van der Waals surface area contributed by atoms with Crippen molar-refractivity contribution in [2.24, 2.45) is 0 Å². The SMILES string of the molecule is CCCCS(=O)(=O)N1CC(C(=O)N2CCN(c3cc(C)ccc3C)CC2)N(c2ccccc2)C1=O. The molecule has 1 atom stereocenters. The largest absolute Gasteiger partial charge is 0.368 e. The lowest BCUT2D eigenvalue weighted by molar-refractivity contribution is -0.132. The summed E-state index contributed by atoms with van der Waals surface area (Å²) in [7, 11) is -3.80. The van der Waals surface area contributed by atoms with Gasteiger partial charge in [-0.3, -0.25) is 9.69 Å². The van der Waals surface area contributed by atoms with Gasteiger partial charge in [-0.2, -0.15) is 0 Å². The van der Waals surface area contributed by atoms with Crippen LogP contribution in [0.1, 0.15) is 30.9 Å². The van der Waals surface area contributed by atoms with Gasteiger partial charge in [-0.1, -0.05) is 43.7 Å². The Labute approximate surface area is 208 Å². The third-order valence-electron chi connectivity index (χ3n) is 6.78. The van der Waals surface area contributed by atoms with Crippen LogP contribution in [0.5, 0.6) is 0 Å². The highest BCUT2D eigenvalue weighted by atomic mass is 32.2. The third kappa shape index (κ3) is 5.15. The Morgan fingerprint density at radius 3 is 2.34 bits per heavy atom. The lowest BCUT2D eigenvalue weighted by atomic mass is 10.1. The van der Waals surface area contributed by atoms with Crippen molar-refractivity contribution in [2.75, 3.05) is 48.3 Å². The Morgan fingerprint density at radius 2 is 1.69 bits per heavy atom. The van der Waals surface area contributed by atoms with Crippen molar-refractivity contribution >= 4 is 33.3 Å². The summed E-state index contributed by atoms with van der Waals surface area (Å²) in [6.45, 7) is 8.29. The minimum Gasteiger partial charge on any atom is -0.368 e. The molecule has 2 fully saturated rings. The Hall–Kier alpha value is -3.07. The van der Waals surface area contributed by atoms with Crippen LogP contribution in [0.15, 0.2) is 48.5 Å². The zero-order valence-corrected chi connectivity index (χ0v) is 21.5. The van der Waals surface area contributed by atoms with Gasteiger partial charge in [0.2, 0.25) is 15.9 Å². The average Bonchev–Trinajstić information content (AvgIpc) is 3.22. The highest BCUT2D eigenvalue weighted by Gasteiger charge is 2.48. The van der Waals surface area contributed by atoms with Gasteiger partial charge in [-0.25, -0.2) is 17.5 Å². The molecule has 2 heterocycles. The van der Waals surface area contributed by atoms with Crippen molar-refractivity contribution in [1.82, 2.24) is 9.21 Å². The first-order valence-electron chi connectivity index (χ1n) is 12.2. The second kappa shape index (κ2) is 10.3. The average molecular weight is 499 g/mol. The van der Waals surface area contributed by atoms with E-state index in [4.69, 9.17) is 0 Å². The predicted molar refractivity (Wildman–Crippen MR) is 138 cm³/mol. The number of hydrogen-bond donors (Lipinski definition) is 0. The second-order valence-corrected chi connectivity index (χ2v) is 11.3. The molecule has 2 aliphatic heterocycles. The van der Waals surface area contributed by atoms with E-state index in [9.17, 15) is 18.0 Å². The van der Waals surface area contributed by atoms with Gasteiger partial charge in [0.25, 0.3) is 0 Å². The van der Waals surface area contributed by atoms with Gasteiger partial charge in [-0.15, -0.1) is 0 Å². The highest BCUT2D eigenvalue weighted by molar-refractivity contribution is 7.89. The Balaban J connectivity index is 1.54. The topological polar surface area (TPSA) is 81.2 Å². The number of para-hydroxylation sites is 1. The number of anilines is 2. The van der Waals surface area contributed by atoms with Crippen LogP contribution in [0.4, 0.5) is 16.2 Å². The molecule has 2 aromatic carbocycles. The van der Waals surface area contributed by atoms with E-state index in [1.165, 1.54) is 21.7 Å². The summed E-state index contributed by atoms with van der Waals surface area (Å²) in [6, 6.07) is 13.7. The number of rotatable bonds is 7. The number of amides is 3. The maximum Gasteiger partial charge on any atom is 0.339 e. The van der Waals surface area contributed by atoms with E-state index in [0.717, 1.165) is 4.31 Å². The first kappa shape index (κ1) is 25.0. The monoisotopic (exact) mass is 498 g/mol. The highest BCUT2D eigenvalue weighted by Crippen LogP contribution is 2.29.